The van der Waals surface area contributed by atoms with E-state index < -0.39 is 0 Å². The molecule has 1 aliphatic heterocycles. The van der Waals surface area contributed by atoms with Gasteiger partial charge in [-0.1, -0.05) is 71.7 Å². The van der Waals surface area contributed by atoms with Crippen molar-refractivity contribution in [3.63, 3.8) is 0 Å². The second-order valence-electron chi connectivity index (χ2n) is 7.11. The van der Waals surface area contributed by atoms with Gasteiger partial charge in [0, 0.05) is 40.5 Å². The second-order valence-corrected chi connectivity index (χ2v) is 8.94. The van der Waals surface area contributed by atoms with Gasteiger partial charge in [-0.15, -0.1) is 24.2 Å². The lowest BCUT2D eigenvalue weighted by atomic mass is 10.1. The molecule has 31 heavy (non-hydrogen) atoms. The quantitative estimate of drug-likeness (QED) is 0.342. The Morgan fingerprint density at radius 3 is 2.55 bits per heavy atom. The van der Waals surface area contributed by atoms with Crippen LogP contribution in [0.5, 0.6) is 0 Å². The average Bonchev–Trinajstić information content (AvgIpc) is 2.92. The number of rotatable bonds is 5. The van der Waals surface area contributed by atoms with E-state index in [1.54, 1.807) is 11.8 Å². The smallest absolute Gasteiger partial charge is 0.0668 e. The van der Waals surface area contributed by atoms with Crippen molar-refractivity contribution in [3.8, 4) is 0 Å². The average molecular weight is 490 g/mol. The summed E-state index contributed by atoms with van der Waals surface area (Å²) in [4.78, 5) is 8.15. The molecule has 4 rings (SSSR count). The molecule has 0 aromatic heterocycles. The molecule has 0 saturated carbocycles. The minimum atomic E-state index is 0. The van der Waals surface area contributed by atoms with Crippen LogP contribution in [-0.4, -0.2) is 25.8 Å². The predicted octanol–water partition coefficient (Wildman–Crippen LogP) is 7.66. The molecule has 6 heteroatoms. The fraction of sp³-hybridized carbons (Fsp3) is 0.160. The number of aliphatic imine (C=N–C) groups is 1. The molecule has 160 valence electrons. The van der Waals surface area contributed by atoms with Crippen molar-refractivity contribution in [3.05, 3.63) is 99.5 Å². The van der Waals surface area contributed by atoms with E-state index in [4.69, 9.17) is 28.2 Å². The first-order valence-corrected chi connectivity index (χ1v) is 11.5. The number of allylic oxidation sites excluding steroid dienone is 1. The Bertz CT molecular complexity index is 1090. The topological polar surface area (TPSA) is 15.6 Å². The number of nitrogens with zero attached hydrogens (tertiary/aromatic N) is 2. The summed E-state index contributed by atoms with van der Waals surface area (Å²) < 4.78 is 0. The molecule has 0 radical (unpaired) electrons. The van der Waals surface area contributed by atoms with E-state index in [9.17, 15) is 0 Å². The standard InChI is InChI=1S/C25H22Cl2N2S.ClH/c1-29-16-15-28-23(21-6-2-3-8-24(21)29)14-11-19-5-4-7-22(27)25(19)30-17-18-9-12-20(26)13-10-18;/h2-14H,15-17H2,1H3;1H/b14-11+;. The van der Waals surface area contributed by atoms with Gasteiger partial charge < -0.3 is 4.90 Å². The van der Waals surface area contributed by atoms with Gasteiger partial charge in [-0.3, -0.25) is 4.99 Å². The third-order valence-electron chi connectivity index (χ3n) is 5.02. The number of halogens is 3. The van der Waals surface area contributed by atoms with Crippen molar-refractivity contribution in [2.75, 3.05) is 25.0 Å². The lowest BCUT2D eigenvalue weighted by molar-refractivity contribution is 0.897. The maximum atomic E-state index is 6.56. The van der Waals surface area contributed by atoms with Gasteiger partial charge in [0.25, 0.3) is 0 Å². The molecule has 0 atom stereocenters. The number of hydrogen-bond acceptors (Lipinski definition) is 3. The lowest BCUT2D eigenvalue weighted by Crippen LogP contribution is -2.20. The Kier molecular flexibility index (Phi) is 8.50. The molecule has 0 fully saturated rings. The van der Waals surface area contributed by atoms with Crippen LogP contribution >= 0.6 is 47.4 Å². The highest BCUT2D eigenvalue weighted by Crippen LogP contribution is 2.34. The molecule has 0 amide bonds. The number of thioether (sulfide) groups is 1. The number of para-hydroxylation sites is 1. The first kappa shape index (κ1) is 23.7. The number of benzene rings is 3. The van der Waals surface area contributed by atoms with E-state index in [1.165, 1.54) is 11.3 Å². The van der Waals surface area contributed by atoms with Crippen LogP contribution in [0.3, 0.4) is 0 Å². The summed E-state index contributed by atoms with van der Waals surface area (Å²) in [6.07, 6.45) is 4.23. The van der Waals surface area contributed by atoms with Gasteiger partial charge in [-0.05, 0) is 41.5 Å². The zero-order valence-electron chi connectivity index (χ0n) is 17.1. The largest absolute Gasteiger partial charge is 0.372 e. The minimum Gasteiger partial charge on any atom is -0.372 e. The van der Waals surface area contributed by atoms with Gasteiger partial charge in [0.2, 0.25) is 0 Å². The fourth-order valence-corrected chi connectivity index (χ4v) is 4.89. The van der Waals surface area contributed by atoms with Crippen LogP contribution in [0.2, 0.25) is 10.0 Å². The van der Waals surface area contributed by atoms with E-state index in [0.717, 1.165) is 50.6 Å². The Morgan fingerprint density at radius 2 is 1.74 bits per heavy atom. The Labute approximate surface area is 204 Å². The molecule has 0 unspecified atom stereocenters. The SMILES string of the molecule is CN1CCN=C(/C=C/c2cccc(Cl)c2SCc2ccc(Cl)cc2)c2ccccc21.Cl. The van der Waals surface area contributed by atoms with Gasteiger partial charge in [0.1, 0.15) is 0 Å². The summed E-state index contributed by atoms with van der Waals surface area (Å²) in [6, 6.07) is 22.4. The molecule has 2 nitrogen and oxygen atoms in total. The Morgan fingerprint density at radius 1 is 0.968 bits per heavy atom. The molecule has 0 spiro atoms. The number of fused-ring (bicyclic) bond motifs is 1. The minimum absolute atomic E-state index is 0. The predicted molar refractivity (Wildman–Crippen MR) is 140 cm³/mol. The van der Waals surface area contributed by atoms with Gasteiger partial charge in [-0.25, -0.2) is 0 Å². The fourth-order valence-electron chi connectivity index (χ4n) is 3.41. The third kappa shape index (κ3) is 5.87. The highest BCUT2D eigenvalue weighted by molar-refractivity contribution is 7.98. The van der Waals surface area contributed by atoms with E-state index >= 15 is 0 Å². The van der Waals surface area contributed by atoms with Crippen LogP contribution < -0.4 is 4.90 Å². The third-order valence-corrected chi connectivity index (χ3v) is 6.92. The maximum Gasteiger partial charge on any atom is 0.0668 e. The van der Waals surface area contributed by atoms with Gasteiger partial charge in [0.15, 0.2) is 0 Å². The Balaban J connectivity index is 0.00000272. The molecule has 3 aromatic carbocycles. The summed E-state index contributed by atoms with van der Waals surface area (Å²) >= 11 is 14.3. The summed E-state index contributed by atoms with van der Waals surface area (Å²) in [6.45, 7) is 1.69. The normalized spacial score (nSPS) is 13.4. The highest BCUT2D eigenvalue weighted by Gasteiger charge is 2.14. The summed E-state index contributed by atoms with van der Waals surface area (Å²) in [5, 5.41) is 1.51. The van der Waals surface area contributed by atoms with Gasteiger partial charge in [0.05, 0.1) is 17.3 Å². The van der Waals surface area contributed by atoms with E-state index in [1.807, 2.05) is 24.3 Å². The number of anilines is 1. The van der Waals surface area contributed by atoms with Crippen LogP contribution in [0, 0.1) is 0 Å². The molecular weight excluding hydrogens is 467 g/mol. The zero-order chi connectivity index (χ0) is 20.9. The summed E-state index contributed by atoms with van der Waals surface area (Å²) in [5.41, 5.74) is 5.68. The molecule has 0 saturated heterocycles. The Hall–Kier alpha value is -1.91. The molecule has 3 aromatic rings. The highest BCUT2D eigenvalue weighted by atomic mass is 35.5. The van der Waals surface area contributed by atoms with Crippen molar-refractivity contribution < 1.29 is 0 Å². The molecule has 0 bridgehead atoms. The van der Waals surface area contributed by atoms with E-state index in [0.29, 0.717) is 0 Å². The number of hydrogen-bond donors (Lipinski definition) is 0. The van der Waals surface area contributed by atoms with E-state index in [-0.39, 0.29) is 12.4 Å². The van der Waals surface area contributed by atoms with Crippen LogP contribution in [0.4, 0.5) is 5.69 Å². The van der Waals surface area contributed by atoms with Crippen molar-refractivity contribution in [2.24, 2.45) is 4.99 Å². The van der Waals surface area contributed by atoms with Crippen molar-refractivity contribution in [2.45, 2.75) is 10.6 Å². The lowest BCUT2D eigenvalue weighted by Gasteiger charge is -2.18. The van der Waals surface area contributed by atoms with Crippen molar-refractivity contribution in [1.29, 1.82) is 0 Å². The van der Waals surface area contributed by atoms with Gasteiger partial charge >= 0.3 is 0 Å². The molecular formula is C25H23Cl3N2S. The van der Waals surface area contributed by atoms with Crippen LogP contribution in [0.25, 0.3) is 6.08 Å². The molecule has 1 heterocycles. The number of likely N-dealkylation sites (N-methyl/N-ethyl adjacent to an activating group) is 1. The molecule has 1 aliphatic rings. The number of benzodiazepines with no additional fused rings is 1. The van der Waals surface area contributed by atoms with Crippen molar-refractivity contribution >= 4 is 64.8 Å². The summed E-state index contributed by atoms with van der Waals surface area (Å²) in [7, 11) is 2.11. The zero-order valence-corrected chi connectivity index (χ0v) is 20.2. The summed E-state index contributed by atoms with van der Waals surface area (Å²) in [5.74, 6) is 0.830. The second kappa shape index (κ2) is 11.1. The molecule has 0 N–H and O–H groups in total. The molecule has 0 aliphatic carbocycles. The van der Waals surface area contributed by atoms with Crippen LogP contribution in [-0.2, 0) is 5.75 Å². The van der Waals surface area contributed by atoms with Crippen molar-refractivity contribution in [1.82, 2.24) is 0 Å². The van der Waals surface area contributed by atoms with Gasteiger partial charge in [-0.2, -0.15) is 0 Å². The van der Waals surface area contributed by atoms with E-state index in [2.05, 4.69) is 66.6 Å². The monoisotopic (exact) mass is 488 g/mol. The first-order valence-electron chi connectivity index (χ1n) is 9.80. The van der Waals surface area contributed by atoms with Crippen LogP contribution in [0.1, 0.15) is 16.7 Å². The first-order chi connectivity index (χ1) is 14.6. The van der Waals surface area contributed by atoms with Crippen LogP contribution in [0.15, 0.2) is 82.7 Å². The maximum absolute atomic E-state index is 6.56.